The largest absolute Gasteiger partial charge is 0.488 e. The molecule has 0 atom stereocenters. The van der Waals surface area contributed by atoms with Gasteiger partial charge in [-0.3, -0.25) is 9.78 Å². The van der Waals surface area contributed by atoms with Crippen LogP contribution in [-0.4, -0.2) is 55.1 Å². The number of carbonyl (C=O) groups is 1. The van der Waals surface area contributed by atoms with Crippen LogP contribution in [0.15, 0.2) is 78.5 Å². The van der Waals surface area contributed by atoms with E-state index in [1.165, 1.54) is 6.20 Å². The Morgan fingerprint density at radius 3 is 2.56 bits per heavy atom. The SMILES string of the molecule is CN1CCC(Oc2ccc3c(Nc4ccc(Oc5ccccc5)c(Cl)c4)c(C#N)cnc3c2NC(=O)C=C2CCNCC2)CC1. The van der Waals surface area contributed by atoms with Gasteiger partial charge in [-0.25, -0.2) is 0 Å². The minimum Gasteiger partial charge on any atom is -0.488 e. The lowest BCUT2D eigenvalue weighted by Crippen LogP contribution is -2.35. The number of nitrogens with one attached hydrogen (secondary N) is 3. The molecule has 0 aliphatic carbocycles. The number of rotatable bonds is 8. The lowest BCUT2D eigenvalue weighted by molar-refractivity contribution is -0.112. The lowest BCUT2D eigenvalue weighted by atomic mass is 10.0. The molecule has 2 saturated heterocycles. The molecule has 230 valence electrons. The maximum absolute atomic E-state index is 13.3. The monoisotopic (exact) mass is 622 g/mol. The van der Waals surface area contributed by atoms with Gasteiger partial charge >= 0.3 is 0 Å². The lowest BCUT2D eigenvalue weighted by Gasteiger charge is -2.30. The van der Waals surface area contributed by atoms with Gasteiger partial charge in [0, 0.05) is 36.4 Å². The summed E-state index contributed by atoms with van der Waals surface area (Å²) in [4.78, 5) is 20.3. The molecule has 1 aromatic heterocycles. The average Bonchev–Trinajstić information content (AvgIpc) is 3.05. The van der Waals surface area contributed by atoms with Crippen molar-refractivity contribution >= 4 is 45.5 Å². The van der Waals surface area contributed by atoms with Crippen LogP contribution >= 0.6 is 11.6 Å². The van der Waals surface area contributed by atoms with E-state index in [2.05, 4.69) is 39.0 Å². The number of halogens is 1. The quantitative estimate of drug-likeness (QED) is 0.180. The van der Waals surface area contributed by atoms with Crippen LogP contribution in [0.2, 0.25) is 5.02 Å². The van der Waals surface area contributed by atoms with Crippen molar-refractivity contribution in [2.75, 3.05) is 43.9 Å². The molecule has 2 fully saturated rings. The Morgan fingerprint density at radius 1 is 1.07 bits per heavy atom. The molecule has 0 bridgehead atoms. The topological polar surface area (TPSA) is 112 Å². The van der Waals surface area contributed by atoms with E-state index in [-0.39, 0.29) is 12.0 Å². The molecular weight excluding hydrogens is 588 g/mol. The smallest absolute Gasteiger partial charge is 0.248 e. The fraction of sp³-hybridized carbons (Fsp3) is 0.286. The molecule has 0 spiro atoms. The fourth-order valence-corrected chi connectivity index (χ4v) is 5.85. The zero-order chi connectivity index (χ0) is 31.2. The van der Waals surface area contributed by atoms with Gasteiger partial charge in [-0.2, -0.15) is 5.26 Å². The Labute approximate surface area is 267 Å². The van der Waals surface area contributed by atoms with Crippen molar-refractivity contribution in [3.05, 3.63) is 89.1 Å². The standard InChI is InChI=1S/C35H35ClN6O3/c1-42-17-13-27(14-18-42)45-31-10-8-28-33(40-25-7-9-30(29(36)20-25)44-26-5-3-2-4-6-26)24(21-37)22-39-34(28)35(31)41-32(43)19-23-11-15-38-16-12-23/h2-10,19-20,22,27,38H,11-18H2,1H3,(H,39,40)(H,41,43). The summed E-state index contributed by atoms with van der Waals surface area (Å²) >= 11 is 6.60. The van der Waals surface area contributed by atoms with Gasteiger partial charge in [0.2, 0.25) is 5.91 Å². The van der Waals surface area contributed by atoms with Crippen molar-refractivity contribution in [3.8, 4) is 23.3 Å². The van der Waals surface area contributed by atoms with Crippen LogP contribution in [0, 0.1) is 11.3 Å². The Kier molecular flexibility index (Phi) is 9.46. The number of para-hydroxylation sites is 1. The van der Waals surface area contributed by atoms with Crippen molar-refractivity contribution < 1.29 is 14.3 Å². The number of ether oxygens (including phenoxy) is 2. The first-order valence-corrected chi connectivity index (χ1v) is 15.6. The second-order valence-electron chi connectivity index (χ2n) is 11.3. The first kappa shape index (κ1) is 30.4. The Morgan fingerprint density at radius 2 is 1.82 bits per heavy atom. The van der Waals surface area contributed by atoms with Gasteiger partial charge in [0.25, 0.3) is 0 Å². The molecule has 45 heavy (non-hydrogen) atoms. The number of likely N-dealkylation sites (tertiary alicyclic amines) is 1. The molecule has 9 nitrogen and oxygen atoms in total. The zero-order valence-corrected chi connectivity index (χ0v) is 25.9. The van der Waals surface area contributed by atoms with E-state index in [1.807, 2.05) is 48.5 Å². The number of piperidine rings is 2. The van der Waals surface area contributed by atoms with Crippen LogP contribution in [-0.2, 0) is 4.79 Å². The number of carbonyl (C=O) groups excluding carboxylic acids is 1. The van der Waals surface area contributed by atoms with Crippen LogP contribution in [0.5, 0.6) is 17.2 Å². The van der Waals surface area contributed by atoms with Crippen LogP contribution in [0.1, 0.15) is 31.2 Å². The molecule has 3 heterocycles. The Bertz CT molecular complexity index is 1760. The molecule has 6 rings (SSSR count). The second kappa shape index (κ2) is 14.0. The molecule has 0 unspecified atom stereocenters. The van der Waals surface area contributed by atoms with E-state index in [0.717, 1.165) is 57.4 Å². The highest BCUT2D eigenvalue weighted by molar-refractivity contribution is 6.32. The van der Waals surface area contributed by atoms with E-state index in [9.17, 15) is 10.1 Å². The number of hydrogen-bond donors (Lipinski definition) is 3. The predicted molar refractivity (Wildman–Crippen MR) is 178 cm³/mol. The summed E-state index contributed by atoms with van der Waals surface area (Å²) < 4.78 is 12.4. The first-order chi connectivity index (χ1) is 22.0. The predicted octanol–water partition coefficient (Wildman–Crippen LogP) is 7.02. The molecule has 1 amide bonds. The highest BCUT2D eigenvalue weighted by Gasteiger charge is 2.23. The third kappa shape index (κ3) is 7.37. The van der Waals surface area contributed by atoms with E-state index < -0.39 is 0 Å². The zero-order valence-electron chi connectivity index (χ0n) is 25.1. The van der Waals surface area contributed by atoms with E-state index >= 15 is 0 Å². The molecule has 2 aliphatic heterocycles. The van der Waals surface area contributed by atoms with Crippen molar-refractivity contribution in [1.82, 2.24) is 15.2 Å². The summed E-state index contributed by atoms with van der Waals surface area (Å²) in [6, 6.07) is 20.8. The minimum atomic E-state index is -0.228. The highest BCUT2D eigenvalue weighted by atomic mass is 35.5. The van der Waals surface area contributed by atoms with E-state index in [1.54, 1.807) is 18.2 Å². The van der Waals surface area contributed by atoms with Crippen molar-refractivity contribution in [2.24, 2.45) is 0 Å². The molecule has 0 radical (unpaired) electrons. The fourth-order valence-electron chi connectivity index (χ4n) is 5.63. The highest BCUT2D eigenvalue weighted by Crippen LogP contribution is 2.40. The Hall–Kier alpha value is -4.62. The van der Waals surface area contributed by atoms with Gasteiger partial charge in [-0.1, -0.05) is 35.4 Å². The van der Waals surface area contributed by atoms with Gasteiger partial charge in [-0.05, 0) is 88.3 Å². The maximum Gasteiger partial charge on any atom is 0.248 e. The first-order valence-electron chi connectivity index (χ1n) is 15.2. The molecule has 3 N–H and O–H groups in total. The maximum atomic E-state index is 13.3. The number of aromatic nitrogens is 1. The number of fused-ring (bicyclic) bond motifs is 1. The summed E-state index contributed by atoms with van der Waals surface area (Å²) in [5.41, 5.74) is 3.67. The molecule has 3 aromatic carbocycles. The van der Waals surface area contributed by atoms with Gasteiger partial charge < -0.3 is 30.3 Å². The molecule has 10 heteroatoms. The number of hydrogen-bond acceptors (Lipinski definition) is 8. The van der Waals surface area contributed by atoms with Gasteiger partial charge in [-0.15, -0.1) is 0 Å². The van der Waals surface area contributed by atoms with Gasteiger partial charge in [0.1, 0.15) is 35.1 Å². The van der Waals surface area contributed by atoms with E-state index in [0.29, 0.717) is 55.8 Å². The molecule has 0 saturated carbocycles. The van der Waals surface area contributed by atoms with Gasteiger partial charge in [0.05, 0.1) is 21.8 Å². The summed E-state index contributed by atoms with van der Waals surface area (Å²) in [7, 11) is 2.11. The molecular formula is C35H35ClN6O3. The summed E-state index contributed by atoms with van der Waals surface area (Å²) in [6.07, 6.45) is 6.65. The van der Waals surface area contributed by atoms with Crippen molar-refractivity contribution in [3.63, 3.8) is 0 Å². The van der Waals surface area contributed by atoms with Crippen LogP contribution in [0.4, 0.5) is 17.1 Å². The van der Waals surface area contributed by atoms with Gasteiger partial charge in [0.15, 0.2) is 0 Å². The number of pyridine rings is 1. The van der Waals surface area contributed by atoms with Crippen LogP contribution in [0.3, 0.4) is 0 Å². The third-order valence-electron chi connectivity index (χ3n) is 8.08. The summed E-state index contributed by atoms with van der Waals surface area (Å²) in [5.74, 6) is 1.52. The molecule has 4 aromatic rings. The number of amides is 1. The minimum absolute atomic E-state index is 0.0202. The van der Waals surface area contributed by atoms with E-state index in [4.69, 9.17) is 21.1 Å². The third-order valence-corrected chi connectivity index (χ3v) is 8.38. The molecule has 2 aliphatic rings. The summed E-state index contributed by atoms with van der Waals surface area (Å²) in [5, 5.41) is 20.9. The number of nitriles is 1. The second-order valence-corrected chi connectivity index (χ2v) is 11.7. The van der Waals surface area contributed by atoms with Crippen molar-refractivity contribution in [1.29, 1.82) is 5.26 Å². The Balaban J connectivity index is 1.35. The summed E-state index contributed by atoms with van der Waals surface area (Å²) in [6.45, 7) is 3.59. The average molecular weight is 623 g/mol. The normalized spacial score (nSPS) is 15.7. The van der Waals surface area contributed by atoms with Crippen LogP contribution in [0.25, 0.3) is 10.9 Å². The number of benzene rings is 3. The van der Waals surface area contributed by atoms with Crippen molar-refractivity contribution in [2.45, 2.75) is 31.8 Å². The number of nitrogens with zero attached hydrogens (tertiary/aromatic N) is 3. The van der Waals surface area contributed by atoms with Crippen LogP contribution < -0.4 is 25.4 Å². The number of anilines is 3.